The third kappa shape index (κ3) is 9.83. The van der Waals surface area contributed by atoms with Crippen LogP contribution in [0.3, 0.4) is 0 Å². The molecule has 0 spiro atoms. The van der Waals surface area contributed by atoms with Gasteiger partial charge < -0.3 is 9.80 Å². The van der Waals surface area contributed by atoms with Crippen LogP contribution in [0.5, 0.6) is 0 Å². The maximum Gasteiger partial charge on any atom is 0.00954 e. The Labute approximate surface area is 300 Å². The minimum atomic E-state index is 0.811. The first-order valence-corrected chi connectivity index (χ1v) is 22.1. The first-order valence-electron chi connectivity index (χ1n) is 22.1. The fourth-order valence-electron chi connectivity index (χ4n) is 12.6. The number of allylic oxidation sites excluding steroid dienone is 4. The number of hydrogen-bond acceptors (Lipinski definition) is 2. The van der Waals surface area contributed by atoms with Gasteiger partial charge in [0.1, 0.15) is 0 Å². The molecular weight excluding hydrogens is 581 g/mol. The minimum absolute atomic E-state index is 0.811. The van der Waals surface area contributed by atoms with Gasteiger partial charge in [0, 0.05) is 12.1 Å². The zero-order valence-corrected chi connectivity index (χ0v) is 33.5. The molecule has 0 aliphatic heterocycles. The van der Waals surface area contributed by atoms with Crippen molar-refractivity contribution in [1.82, 2.24) is 9.80 Å². The van der Waals surface area contributed by atoms with E-state index in [1.165, 1.54) is 142 Å². The molecule has 0 saturated heterocycles. The van der Waals surface area contributed by atoms with Crippen LogP contribution in [0.1, 0.15) is 171 Å². The molecule has 0 N–H and O–H groups in total. The van der Waals surface area contributed by atoms with Crippen molar-refractivity contribution in [2.75, 3.05) is 26.2 Å². The third-order valence-corrected chi connectivity index (χ3v) is 15.3. The molecule has 48 heavy (non-hydrogen) atoms. The summed E-state index contributed by atoms with van der Waals surface area (Å²) in [6.07, 6.45) is 31.9. The summed E-state index contributed by atoms with van der Waals surface area (Å²) in [6.45, 7) is 24.7. The molecule has 8 unspecified atom stereocenters. The van der Waals surface area contributed by atoms with E-state index in [-0.39, 0.29) is 0 Å². The van der Waals surface area contributed by atoms with E-state index in [1.54, 1.807) is 0 Å². The Hall–Kier alpha value is -0.600. The lowest BCUT2D eigenvalue weighted by atomic mass is 9.65. The molecule has 5 saturated carbocycles. The quantitative estimate of drug-likeness (QED) is 0.192. The molecule has 0 amide bonds. The van der Waals surface area contributed by atoms with Crippen molar-refractivity contribution in [1.29, 1.82) is 0 Å². The Balaban J connectivity index is 1.35. The molecule has 2 nitrogen and oxygen atoms in total. The Morgan fingerprint density at radius 3 is 1.17 bits per heavy atom. The van der Waals surface area contributed by atoms with Gasteiger partial charge in [-0.1, -0.05) is 98.0 Å². The van der Waals surface area contributed by atoms with Crippen LogP contribution in [0.2, 0.25) is 0 Å². The highest BCUT2D eigenvalue weighted by Crippen LogP contribution is 2.48. The van der Waals surface area contributed by atoms with Gasteiger partial charge in [0.2, 0.25) is 0 Å². The molecule has 5 aliphatic rings. The molecular formula is C46H82N2. The summed E-state index contributed by atoms with van der Waals surface area (Å²) in [7, 11) is 0. The largest absolute Gasteiger partial charge is 0.301 e. The predicted octanol–water partition coefficient (Wildman–Crippen LogP) is 12.6. The maximum atomic E-state index is 2.99. The van der Waals surface area contributed by atoms with E-state index in [1.807, 2.05) is 11.1 Å². The second-order valence-electron chi connectivity index (χ2n) is 18.5. The van der Waals surface area contributed by atoms with E-state index in [4.69, 9.17) is 0 Å². The molecule has 5 rings (SSSR count). The van der Waals surface area contributed by atoms with Gasteiger partial charge in [-0.15, -0.1) is 0 Å². The molecule has 5 aliphatic carbocycles. The van der Waals surface area contributed by atoms with E-state index >= 15 is 0 Å². The second-order valence-corrected chi connectivity index (χ2v) is 18.5. The first-order chi connectivity index (χ1) is 23.2. The fraction of sp³-hybridized carbons (Fsp3) is 0.913. The zero-order valence-electron chi connectivity index (χ0n) is 33.5. The summed E-state index contributed by atoms with van der Waals surface area (Å²) in [6, 6.07) is 1.66. The van der Waals surface area contributed by atoms with Gasteiger partial charge >= 0.3 is 0 Å². The van der Waals surface area contributed by atoms with Gasteiger partial charge in [-0.25, -0.2) is 0 Å². The zero-order chi connectivity index (χ0) is 34.2. The van der Waals surface area contributed by atoms with Gasteiger partial charge in [0.15, 0.2) is 0 Å². The highest BCUT2D eigenvalue weighted by Gasteiger charge is 2.37. The molecule has 8 atom stereocenters. The number of rotatable bonds is 12. The van der Waals surface area contributed by atoms with Crippen molar-refractivity contribution >= 4 is 0 Å². The topological polar surface area (TPSA) is 6.48 Å². The van der Waals surface area contributed by atoms with Gasteiger partial charge in [0.25, 0.3) is 0 Å². The van der Waals surface area contributed by atoms with Crippen LogP contribution in [0.25, 0.3) is 0 Å². The summed E-state index contributed by atoms with van der Waals surface area (Å²) < 4.78 is 0. The first kappa shape index (κ1) is 38.6. The van der Waals surface area contributed by atoms with E-state index < -0.39 is 0 Å². The van der Waals surface area contributed by atoms with Crippen LogP contribution in [-0.2, 0) is 0 Å². The van der Waals surface area contributed by atoms with Crippen molar-refractivity contribution in [3.8, 4) is 0 Å². The van der Waals surface area contributed by atoms with Gasteiger partial charge in [-0.05, 0) is 182 Å². The lowest BCUT2D eigenvalue weighted by molar-refractivity contribution is 0.145. The molecule has 0 aromatic heterocycles. The number of hydrogen-bond donors (Lipinski definition) is 0. The average molecular weight is 663 g/mol. The standard InChI is InChI=1S/C46H82N2/c1-9-47(10-2)41-22-18-39(19-23-41)45(43-26-16-33(5)28-35(43)7)31-37-14-13-15-38(30-37)32-46(44-27-17-34(6)29-36(44)8)40-20-24-42(25-21-40)48(11-3)12-4/h31-44H,9-30H2,1-8H3/b45-31-,46-32+. The molecule has 0 aromatic carbocycles. The van der Waals surface area contributed by atoms with Crippen molar-refractivity contribution in [3.05, 3.63) is 23.3 Å². The highest BCUT2D eigenvalue weighted by molar-refractivity contribution is 5.19. The smallest absolute Gasteiger partial charge is 0.00954 e. The molecule has 276 valence electrons. The summed E-state index contributed by atoms with van der Waals surface area (Å²) in [5.74, 6) is 8.63. The van der Waals surface area contributed by atoms with Crippen LogP contribution < -0.4 is 0 Å². The van der Waals surface area contributed by atoms with Gasteiger partial charge in [-0.2, -0.15) is 0 Å². The Morgan fingerprint density at radius 1 is 0.458 bits per heavy atom. The van der Waals surface area contributed by atoms with Gasteiger partial charge in [0.05, 0.1) is 0 Å². The van der Waals surface area contributed by atoms with Crippen molar-refractivity contribution in [3.63, 3.8) is 0 Å². The Bertz CT molecular complexity index is 910. The molecule has 0 bridgehead atoms. The second kappa shape index (κ2) is 18.8. The molecule has 0 radical (unpaired) electrons. The Kier molecular flexibility index (Phi) is 15.1. The van der Waals surface area contributed by atoms with Crippen LogP contribution in [0.15, 0.2) is 23.3 Å². The van der Waals surface area contributed by atoms with E-state index in [0.29, 0.717) is 0 Å². The van der Waals surface area contributed by atoms with Crippen LogP contribution >= 0.6 is 0 Å². The summed E-state index contributed by atoms with van der Waals surface area (Å²) >= 11 is 0. The highest BCUT2D eigenvalue weighted by atomic mass is 15.1. The fourth-order valence-corrected chi connectivity index (χ4v) is 12.6. The lowest BCUT2D eigenvalue weighted by Gasteiger charge is -2.43. The predicted molar refractivity (Wildman–Crippen MR) is 210 cm³/mol. The van der Waals surface area contributed by atoms with E-state index in [2.05, 4.69) is 77.3 Å². The molecule has 2 heteroatoms. The Morgan fingerprint density at radius 2 is 0.833 bits per heavy atom. The average Bonchev–Trinajstić information content (AvgIpc) is 3.09. The van der Waals surface area contributed by atoms with Crippen molar-refractivity contribution in [2.45, 2.75) is 183 Å². The number of nitrogens with zero attached hydrogens (tertiary/aromatic N) is 2. The summed E-state index contributed by atoms with van der Waals surface area (Å²) in [4.78, 5) is 5.51. The van der Waals surface area contributed by atoms with Crippen LogP contribution in [0, 0.1) is 59.2 Å². The maximum absolute atomic E-state index is 2.99. The lowest BCUT2D eigenvalue weighted by Crippen LogP contribution is -2.39. The van der Waals surface area contributed by atoms with Crippen molar-refractivity contribution in [2.24, 2.45) is 59.2 Å². The molecule has 5 fully saturated rings. The van der Waals surface area contributed by atoms with Crippen LogP contribution in [0.4, 0.5) is 0 Å². The molecule has 0 heterocycles. The SMILES string of the molecule is CCN(CC)C1CCC(/C(=C/C2CCCC(/C=C(\C3CCC(N(CC)CC)CC3)C3CCC(C)CC3C)C2)C2CCC(C)CC2C)CC1. The van der Waals surface area contributed by atoms with E-state index in [9.17, 15) is 0 Å². The van der Waals surface area contributed by atoms with Crippen molar-refractivity contribution < 1.29 is 0 Å². The summed E-state index contributed by atoms with van der Waals surface area (Å²) in [5, 5.41) is 0. The monoisotopic (exact) mass is 663 g/mol. The third-order valence-electron chi connectivity index (χ3n) is 15.3. The van der Waals surface area contributed by atoms with Crippen LogP contribution in [-0.4, -0.2) is 48.1 Å². The summed E-state index contributed by atoms with van der Waals surface area (Å²) in [5.41, 5.74) is 3.93. The van der Waals surface area contributed by atoms with E-state index in [0.717, 1.165) is 71.3 Å². The van der Waals surface area contributed by atoms with Gasteiger partial charge in [-0.3, -0.25) is 0 Å². The normalized spacial score (nSPS) is 40.8. The minimum Gasteiger partial charge on any atom is -0.301 e. The molecule has 0 aromatic rings.